The largest absolute Gasteiger partial charge is 0.497 e. The fraction of sp³-hybridized carbons (Fsp3) is 0.292. The Hall–Kier alpha value is -3.61. The summed E-state index contributed by atoms with van der Waals surface area (Å²) in [4.78, 5) is 15.4. The molecule has 7 nitrogen and oxygen atoms in total. The van der Waals surface area contributed by atoms with Gasteiger partial charge in [-0.05, 0) is 48.4 Å². The predicted octanol–water partition coefficient (Wildman–Crippen LogP) is 4.54. The molecule has 0 saturated carbocycles. The third-order valence-electron chi connectivity index (χ3n) is 5.60. The van der Waals surface area contributed by atoms with Crippen LogP contribution in [0.2, 0.25) is 0 Å². The first-order chi connectivity index (χ1) is 15.1. The molecule has 1 aliphatic rings. The summed E-state index contributed by atoms with van der Waals surface area (Å²) >= 11 is 0. The van der Waals surface area contributed by atoms with Crippen molar-refractivity contribution >= 4 is 11.7 Å². The topological polar surface area (TPSA) is 65.0 Å². The van der Waals surface area contributed by atoms with Crippen LogP contribution in [0.4, 0.5) is 10.5 Å². The van der Waals surface area contributed by atoms with Gasteiger partial charge in [0.2, 0.25) is 0 Å². The molecule has 31 heavy (non-hydrogen) atoms. The minimum Gasteiger partial charge on any atom is -0.497 e. The Morgan fingerprint density at radius 2 is 1.68 bits per heavy atom. The van der Waals surface area contributed by atoms with E-state index in [9.17, 15) is 4.79 Å². The maximum absolute atomic E-state index is 13.5. The monoisotopic (exact) mass is 421 g/mol. The van der Waals surface area contributed by atoms with Gasteiger partial charge in [-0.15, -0.1) is 0 Å². The zero-order valence-corrected chi connectivity index (χ0v) is 18.0. The molecule has 4 rings (SSSR count). The number of urea groups is 1. The van der Waals surface area contributed by atoms with Crippen LogP contribution in [0.15, 0.2) is 60.8 Å². The van der Waals surface area contributed by atoms with Crippen molar-refractivity contribution in [1.82, 2.24) is 9.47 Å². The average Bonchev–Trinajstić information content (AvgIpc) is 3.19. The van der Waals surface area contributed by atoms with Crippen LogP contribution in [-0.2, 0) is 6.54 Å². The lowest BCUT2D eigenvalue weighted by molar-refractivity contribution is 0.199. The lowest BCUT2D eigenvalue weighted by Crippen LogP contribution is -2.38. The number of nitrogens with one attached hydrogen (secondary N) is 1. The zero-order chi connectivity index (χ0) is 21.8. The minimum atomic E-state index is -0.215. The molecule has 7 heteroatoms. The van der Waals surface area contributed by atoms with E-state index in [4.69, 9.17) is 14.2 Å². The number of amides is 2. The van der Waals surface area contributed by atoms with Crippen molar-refractivity contribution in [2.45, 2.75) is 19.0 Å². The maximum Gasteiger partial charge on any atom is 0.322 e. The van der Waals surface area contributed by atoms with E-state index in [1.165, 1.54) is 0 Å². The molecule has 3 aromatic rings. The van der Waals surface area contributed by atoms with E-state index in [1.807, 2.05) is 35.2 Å². The van der Waals surface area contributed by atoms with E-state index in [0.717, 1.165) is 30.0 Å². The van der Waals surface area contributed by atoms with Gasteiger partial charge < -0.3 is 29.0 Å². The summed E-state index contributed by atoms with van der Waals surface area (Å²) in [6.07, 6.45) is 2.93. The molecule has 1 aliphatic heterocycles. The molecule has 2 aromatic carbocycles. The molecular weight excluding hydrogens is 394 g/mol. The van der Waals surface area contributed by atoms with Crippen LogP contribution in [0.5, 0.6) is 17.2 Å². The number of methoxy groups -OCH3 is 3. The van der Waals surface area contributed by atoms with Gasteiger partial charge in [-0.3, -0.25) is 0 Å². The molecule has 1 atom stereocenters. The lowest BCUT2D eigenvalue weighted by atomic mass is 10.0. The second-order valence-electron chi connectivity index (χ2n) is 7.35. The first kappa shape index (κ1) is 20.7. The van der Waals surface area contributed by atoms with Crippen molar-refractivity contribution in [1.29, 1.82) is 0 Å². The van der Waals surface area contributed by atoms with E-state index in [2.05, 4.69) is 22.1 Å². The van der Waals surface area contributed by atoms with Crippen molar-refractivity contribution in [3.05, 3.63) is 72.1 Å². The fourth-order valence-corrected chi connectivity index (χ4v) is 4.02. The molecule has 2 heterocycles. The van der Waals surface area contributed by atoms with E-state index in [1.54, 1.807) is 39.5 Å². The number of anilines is 1. The van der Waals surface area contributed by atoms with E-state index < -0.39 is 0 Å². The number of benzene rings is 2. The van der Waals surface area contributed by atoms with Gasteiger partial charge >= 0.3 is 6.03 Å². The quantitative estimate of drug-likeness (QED) is 0.657. The third kappa shape index (κ3) is 4.17. The molecule has 0 spiro atoms. The SMILES string of the molecule is COc1ccc(C2c3cccn3CCCN2C(=O)Nc2ccc(OC)cc2OC)cc1. The van der Waals surface area contributed by atoms with Crippen LogP contribution in [-0.4, -0.2) is 43.4 Å². The fourth-order valence-electron chi connectivity index (χ4n) is 4.02. The zero-order valence-electron chi connectivity index (χ0n) is 18.0. The summed E-state index contributed by atoms with van der Waals surface area (Å²) in [6, 6.07) is 16.9. The standard InChI is InChI=1S/C24H27N3O4/c1-29-18-9-7-17(8-10-18)23-21-6-4-13-26(21)14-5-15-27(23)24(28)25-20-12-11-19(30-2)16-22(20)31-3/h4,6-13,16,23H,5,14-15H2,1-3H3,(H,25,28). The van der Waals surface area contributed by atoms with Gasteiger partial charge in [0, 0.05) is 31.0 Å². The predicted molar refractivity (Wildman–Crippen MR) is 119 cm³/mol. The summed E-state index contributed by atoms with van der Waals surface area (Å²) in [5, 5.41) is 3.03. The number of nitrogens with zero attached hydrogens (tertiary/aromatic N) is 2. The Bertz CT molecular complexity index is 1050. The number of aromatic nitrogens is 1. The van der Waals surface area contributed by atoms with Crippen LogP contribution in [0.25, 0.3) is 0 Å². The van der Waals surface area contributed by atoms with E-state index in [-0.39, 0.29) is 12.1 Å². The first-order valence-electron chi connectivity index (χ1n) is 10.2. The number of carbonyl (C=O) groups is 1. The van der Waals surface area contributed by atoms with Crippen molar-refractivity contribution in [3.63, 3.8) is 0 Å². The molecule has 1 unspecified atom stereocenters. The number of aryl methyl sites for hydroxylation is 1. The summed E-state index contributed by atoms with van der Waals surface area (Å²) < 4.78 is 18.2. The van der Waals surface area contributed by atoms with Gasteiger partial charge in [0.25, 0.3) is 0 Å². The van der Waals surface area contributed by atoms with Crippen molar-refractivity contribution in [3.8, 4) is 17.2 Å². The summed E-state index contributed by atoms with van der Waals surface area (Å²) in [5.74, 6) is 2.00. The maximum atomic E-state index is 13.5. The molecular formula is C24H27N3O4. The van der Waals surface area contributed by atoms with Crippen LogP contribution in [0.1, 0.15) is 23.7 Å². The Labute approximate surface area is 182 Å². The van der Waals surface area contributed by atoms with Gasteiger partial charge in [0.05, 0.1) is 33.1 Å². The van der Waals surface area contributed by atoms with Crippen molar-refractivity contribution in [2.24, 2.45) is 0 Å². The number of rotatable bonds is 5. The molecule has 0 fully saturated rings. The van der Waals surface area contributed by atoms with Crippen LogP contribution < -0.4 is 19.5 Å². The van der Waals surface area contributed by atoms with Gasteiger partial charge in [0.15, 0.2) is 0 Å². The number of carbonyl (C=O) groups excluding carboxylic acids is 1. The molecule has 1 aromatic heterocycles. The molecule has 0 radical (unpaired) electrons. The number of hydrogen-bond donors (Lipinski definition) is 1. The smallest absolute Gasteiger partial charge is 0.322 e. The Kier molecular flexibility index (Phi) is 6.02. The summed E-state index contributed by atoms with van der Waals surface area (Å²) in [5.41, 5.74) is 2.71. The second kappa shape index (κ2) is 9.04. The molecule has 2 amide bonds. The highest BCUT2D eigenvalue weighted by Crippen LogP contribution is 2.34. The molecule has 1 N–H and O–H groups in total. The average molecular weight is 421 g/mol. The van der Waals surface area contributed by atoms with Crippen LogP contribution in [0.3, 0.4) is 0 Å². The Balaban J connectivity index is 1.68. The van der Waals surface area contributed by atoms with Gasteiger partial charge in [-0.25, -0.2) is 4.79 Å². The van der Waals surface area contributed by atoms with Gasteiger partial charge in [-0.1, -0.05) is 12.1 Å². The molecule has 0 saturated heterocycles. The van der Waals surface area contributed by atoms with Crippen LogP contribution in [0, 0.1) is 0 Å². The third-order valence-corrected chi connectivity index (χ3v) is 5.60. The van der Waals surface area contributed by atoms with E-state index >= 15 is 0 Å². The van der Waals surface area contributed by atoms with Crippen molar-refractivity contribution < 1.29 is 19.0 Å². The molecule has 0 bridgehead atoms. The highest BCUT2D eigenvalue weighted by molar-refractivity contribution is 5.91. The van der Waals surface area contributed by atoms with Crippen molar-refractivity contribution in [2.75, 3.05) is 33.2 Å². The molecule has 162 valence electrons. The summed E-state index contributed by atoms with van der Waals surface area (Å²) in [6.45, 7) is 1.49. The second-order valence-corrected chi connectivity index (χ2v) is 7.35. The highest BCUT2D eigenvalue weighted by Gasteiger charge is 2.31. The normalized spacial score (nSPS) is 15.6. The highest BCUT2D eigenvalue weighted by atomic mass is 16.5. The number of ether oxygens (including phenoxy) is 3. The number of fused-ring (bicyclic) bond motifs is 1. The van der Waals surface area contributed by atoms with E-state index in [0.29, 0.717) is 23.7 Å². The Morgan fingerprint density at radius 3 is 2.39 bits per heavy atom. The summed E-state index contributed by atoms with van der Waals surface area (Å²) in [7, 11) is 4.82. The van der Waals surface area contributed by atoms with Crippen LogP contribution >= 0.6 is 0 Å². The van der Waals surface area contributed by atoms with Gasteiger partial charge in [-0.2, -0.15) is 0 Å². The lowest BCUT2D eigenvalue weighted by Gasteiger charge is -2.31. The Morgan fingerprint density at radius 1 is 0.935 bits per heavy atom. The minimum absolute atomic E-state index is 0.182. The van der Waals surface area contributed by atoms with Gasteiger partial charge in [0.1, 0.15) is 17.2 Å². The molecule has 0 aliphatic carbocycles. The number of hydrogen-bond acceptors (Lipinski definition) is 4. The first-order valence-corrected chi connectivity index (χ1v) is 10.2.